The van der Waals surface area contributed by atoms with Gasteiger partial charge in [0.15, 0.2) is 0 Å². The van der Waals surface area contributed by atoms with Gasteiger partial charge in [-0.3, -0.25) is 0 Å². The molecule has 19 heavy (non-hydrogen) atoms. The fourth-order valence-electron chi connectivity index (χ4n) is 2.46. The summed E-state index contributed by atoms with van der Waals surface area (Å²) in [5.41, 5.74) is 7.32. The molecule has 0 spiro atoms. The molecule has 0 aliphatic heterocycles. The summed E-state index contributed by atoms with van der Waals surface area (Å²) in [5, 5.41) is 10.2. The van der Waals surface area contributed by atoms with Gasteiger partial charge in [-0.2, -0.15) is 0 Å². The molecule has 0 bridgehead atoms. The van der Waals surface area contributed by atoms with Crippen LogP contribution in [0.2, 0.25) is 0 Å². The number of hydrogen-bond donors (Lipinski definition) is 2. The Labute approximate surface area is 120 Å². The van der Waals surface area contributed by atoms with Gasteiger partial charge in [0.05, 0.1) is 6.10 Å². The maximum atomic E-state index is 10.2. The van der Waals surface area contributed by atoms with Crippen molar-refractivity contribution >= 4 is 17.2 Å². The average Bonchev–Trinajstić information content (AvgIpc) is 2.34. The molecule has 1 aliphatic rings. The van der Waals surface area contributed by atoms with Crippen LogP contribution in [-0.4, -0.2) is 35.1 Å². The summed E-state index contributed by atoms with van der Waals surface area (Å²) in [6, 6.07) is 7.53. The maximum Gasteiger partial charge on any atom is 0.103 e. The van der Waals surface area contributed by atoms with E-state index in [4.69, 9.17) is 18.0 Å². The summed E-state index contributed by atoms with van der Waals surface area (Å²) in [6.45, 7) is 1.75. The molecule has 2 rings (SSSR count). The molecule has 0 amide bonds. The van der Waals surface area contributed by atoms with Gasteiger partial charge in [0.25, 0.3) is 0 Å². The minimum Gasteiger partial charge on any atom is -0.389 e. The zero-order valence-electron chi connectivity index (χ0n) is 11.4. The van der Waals surface area contributed by atoms with Crippen molar-refractivity contribution in [1.82, 2.24) is 4.90 Å². The van der Waals surface area contributed by atoms with E-state index >= 15 is 0 Å². The lowest BCUT2D eigenvalue weighted by molar-refractivity contribution is 0.107. The number of rotatable bonds is 6. The summed E-state index contributed by atoms with van der Waals surface area (Å²) in [7, 11) is 2.07. The Morgan fingerprint density at radius 2 is 2.05 bits per heavy atom. The fourth-order valence-corrected chi connectivity index (χ4v) is 2.60. The summed E-state index contributed by atoms with van der Waals surface area (Å²) in [5.74, 6) is 0.828. The Bertz CT molecular complexity index is 428. The minimum atomic E-state index is -0.453. The second-order valence-electron chi connectivity index (χ2n) is 5.52. The molecule has 0 heterocycles. The Morgan fingerprint density at radius 3 is 2.53 bits per heavy atom. The van der Waals surface area contributed by atoms with Crippen LogP contribution in [0, 0.1) is 5.92 Å². The van der Waals surface area contributed by atoms with E-state index in [1.165, 1.54) is 19.3 Å². The van der Waals surface area contributed by atoms with Gasteiger partial charge >= 0.3 is 0 Å². The number of benzene rings is 1. The highest BCUT2D eigenvalue weighted by Gasteiger charge is 2.20. The van der Waals surface area contributed by atoms with Crippen LogP contribution in [0.3, 0.4) is 0 Å². The van der Waals surface area contributed by atoms with Gasteiger partial charge < -0.3 is 15.7 Å². The van der Waals surface area contributed by atoms with Gasteiger partial charge in [-0.15, -0.1) is 0 Å². The van der Waals surface area contributed by atoms with Crippen LogP contribution in [0.15, 0.2) is 24.3 Å². The van der Waals surface area contributed by atoms with Gasteiger partial charge in [0.1, 0.15) is 4.99 Å². The van der Waals surface area contributed by atoms with Crippen LogP contribution in [0.4, 0.5) is 0 Å². The molecule has 1 atom stereocenters. The topological polar surface area (TPSA) is 49.5 Å². The maximum absolute atomic E-state index is 10.2. The lowest BCUT2D eigenvalue weighted by atomic mass is 9.85. The Morgan fingerprint density at radius 1 is 1.42 bits per heavy atom. The lowest BCUT2D eigenvalue weighted by Crippen LogP contribution is -2.32. The summed E-state index contributed by atoms with van der Waals surface area (Å²) < 4.78 is 0. The SMILES string of the molecule is CN(CC1CCC1)CC(O)c1ccc(C(N)=S)cc1. The first-order chi connectivity index (χ1) is 9.06. The molecule has 0 radical (unpaired) electrons. The molecule has 3 nitrogen and oxygen atoms in total. The van der Waals surface area contributed by atoms with E-state index in [9.17, 15) is 5.11 Å². The summed E-state index contributed by atoms with van der Waals surface area (Å²) in [4.78, 5) is 2.61. The van der Waals surface area contributed by atoms with E-state index in [0.717, 1.165) is 23.6 Å². The molecule has 1 aliphatic carbocycles. The monoisotopic (exact) mass is 278 g/mol. The molecule has 1 saturated carbocycles. The van der Waals surface area contributed by atoms with Crippen LogP contribution >= 0.6 is 12.2 Å². The van der Waals surface area contributed by atoms with Crippen molar-refractivity contribution in [2.45, 2.75) is 25.4 Å². The lowest BCUT2D eigenvalue weighted by Gasteiger charge is -2.31. The van der Waals surface area contributed by atoms with Gasteiger partial charge in [0.2, 0.25) is 0 Å². The van der Waals surface area contributed by atoms with Gasteiger partial charge in [0, 0.05) is 18.7 Å². The van der Waals surface area contributed by atoms with E-state index in [1.807, 2.05) is 24.3 Å². The van der Waals surface area contributed by atoms with E-state index in [2.05, 4.69) is 11.9 Å². The van der Waals surface area contributed by atoms with Crippen molar-refractivity contribution in [2.75, 3.05) is 20.1 Å². The molecule has 1 aromatic rings. The number of aliphatic hydroxyl groups excluding tert-OH is 1. The highest BCUT2D eigenvalue weighted by atomic mass is 32.1. The first kappa shape index (κ1) is 14.4. The van der Waals surface area contributed by atoms with Gasteiger partial charge in [-0.05, 0) is 31.4 Å². The third-order valence-corrected chi connectivity index (χ3v) is 4.09. The second-order valence-corrected chi connectivity index (χ2v) is 5.96. The highest BCUT2D eigenvalue weighted by Crippen LogP contribution is 2.27. The van der Waals surface area contributed by atoms with Crippen LogP contribution in [-0.2, 0) is 0 Å². The van der Waals surface area contributed by atoms with Crippen LogP contribution in [0.25, 0.3) is 0 Å². The minimum absolute atomic E-state index is 0.392. The van der Waals surface area contributed by atoms with E-state index in [-0.39, 0.29) is 0 Å². The molecular weight excluding hydrogens is 256 g/mol. The second kappa shape index (κ2) is 6.46. The summed E-state index contributed by atoms with van der Waals surface area (Å²) >= 11 is 4.92. The standard InChI is InChI=1S/C15H22N2OS/c1-17(9-11-3-2-4-11)10-14(18)12-5-7-13(8-6-12)15(16)19/h5-8,11,14,18H,2-4,9-10H2,1H3,(H2,16,19). The van der Waals surface area contributed by atoms with Gasteiger partial charge in [-0.25, -0.2) is 0 Å². The number of aliphatic hydroxyl groups is 1. The zero-order valence-corrected chi connectivity index (χ0v) is 12.2. The number of nitrogens with two attached hydrogens (primary N) is 1. The molecule has 0 saturated heterocycles. The van der Waals surface area contributed by atoms with Crippen molar-refractivity contribution in [3.05, 3.63) is 35.4 Å². The van der Waals surface area contributed by atoms with E-state index in [1.54, 1.807) is 0 Å². The Hall–Kier alpha value is -0.970. The number of thiocarbonyl (C=S) groups is 1. The molecule has 1 fully saturated rings. The zero-order chi connectivity index (χ0) is 13.8. The van der Waals surface area contributed by atoms with Crippen molar-refractivity contribution in [1.29, 1.82) is 0 Å². The third-order valence-electron chi connectivity index (χ3n) is 3.86. The smallest absolute Gasteiger partial charge is 0.103 e. The van der Waals surface area contributed by atoms with Crippen molar-refractivity contribution in [3.8, 4) is 0 Å². The summed E-state index contributed by atoms with van der Waals surface area (Å²) in [6.07, 6.45) is 3.58. The van der Waals surface area contributed by atoms with Crippen LogP contribution < -0.4 is 5.73 Å². The number of hydrogen-bond acceptors (Lipinski definition) is 3. The number of nitrogens with zero attached hydrogens (tertiary/aromatic N) is 1. The van der Waals surface area contributed by atoms with Crippen molar-refractivity contribution in [2.24, 2.45) is 11.7 Å². The predicted octanol–water partition coefficient (Wildman–Crippen LogP) is 2.09. The van der Waals surface area contributed by atoms with Crippen LogP contribution in [0.5, 0.6) is 0 Å². The van der Waals surface area contributed by atoms with Gasteiger partial charge in [-0.1, -0.05) is 42.9 Å². The molecule has 1 unspecified atom stereocenters. The number of likely N-dealkylation sites (N-methyl/N-ethyl adjacent to an activating group) is 1. The molecular formula is C15H22N2OS. The third kappa shape index (κ3) is 4.00. The predicted molar refractivity (Wildman–Crippen MR) is 82.1 cm³/mol. The fraction of sp³-hybridized carbons (Fsp3) is 0.533. The first-order valence-electron chi connectivity index (χ1n) is 6.82. The molecule has 0 aromatic heterocycles. The van der Waals surface area contributed by atoms with Crippen molar-refractivity contribution in [3.63, 3.8) is 0 Å². The van der Waals surface area contributed by atoms with Crippen LogP contribution in [0.1, 0.15) is 36.5 Å². The normalized spacial score (nSPS) is 17.2. The quantitative estimate of drug-likeness (QED) is 0.782. The first-order valence-corrected chi connectivity index (χ1v) is 7.23. The Kier molecular flexibility index (Phi) is 4.91. The Balaban J connectivity index is 1.87. The average molecular weight is 278 g/mol. The van der Waals surface area contributed by atoms with E-state index in [0.29, 0.717) is 11.5 Å². The molecule has 104 valence electrons. The molecule has 3 N–H and O–H groups in total. The molecule has 4 heteroatoms. The highest BCUT2D eigenvalue weighted by molar-refractivity contribution is 7.80. The van der Waals surface area contributed by atoms with Crippen molar-refractivity contribution < 1.29 is 5.11 Å². The largest absolute Gasteiger partial charge is 0.389 e. The molecule has 1 aromatic carbocycles. The van der Waals surface area contributed by atoms with E-state index < -0.39 is 6.10 Å².